The van der Waals surface area contributed by atoms with Crippen molar-refractivity contribution in [1.29, 1.82) is 0 Å². The summed E-state index contributed by atoms with van der Waals surface area (Å²) in [5.41, 5.74) is 3.46. The van der Waals surface area contributed by atoms with Gasteiger partial charge in [-0.2, -0.15) is 0 Å². The van der Waals surface area contributed by atoms with Crippen LogP contribution in [0.5, 0.6) is 5.75 Å². The number of anilines is 1. The summed E-state index contributed by atoms with van der Waals surface area (Å²) < 4.78 is 47.8. The van der Waals surface area contributed by atoms with E-state index >= 15 is 0 Å². The number of amides is 1. The molecule has 7 rings (SSSR count). The van der Waals surface area contributed by atoms with Crippen molar-refractivity contribution >= 4 is 33.2 Å². The van der Waals surface area contributed by atoms with Crippen molar-refractivity contribution in [3.05, 3.63) is 70.3 Å². The third kappa shape index (κ3) is 5.54. The molecule has 236 valence electrons. The van der Waals surface area contributed by atoms with Gasteiger partial charge in [0, 0.05) is 48.7 Å². The maximum atomic E-state index is 13.6. The second-order valence-corrected chi connectivity index (χ2v) is 15.6. The molecule has 2 bridgehead atoms. The molecule has 2 aromatic carbocycles. The summed E-state index contributed by atoms with van der Waals surface area (Å²) in [5.74, 6) is 0.606. The molecular formula is C34H41ClN2O6S. The van der Waals surface area contributed by atoms with E-state index in [1.165, 1.54) is 11.1 Å². The topological polar surface area (TPSA) is 94.2 Å². The number of ether oxygens (including phenoxy) is 3. The highest BCUT2D eigenvalue weighted by atomic mass is 35.5. The number of hydrogen-bond donors (Lipinski definition) is 1. The Kier molecular flexibility index (Phi) is 8.18. The largest absolute Gasteiger partial charge is 0.490 e. The molecule has 10 heteroatoms. The van der Waals surface area contributed by atoms with Gasteiger partial charge in [-0.15, -0.1) is 0 Å². The summed E-state index contributed by atoms with van der Waals surface area (Å²) in [6.45, 7) is 2.75. The number of fused-ring (bicyclic) bond motifs is 5. The van der Waals surface area contributed by atoms with Crippen molar-refractivity contribution < 1.29 is 27.4 Å². The van der Waals surface area contributed by atoms with Crippen molar-refractivity contribution in [1.82, 2.24) is 4.72 Å². The standard InChI is InChI=1S/C34H41ClN2O6S/c1-41-30-6-2-4-25-19-42-15-13-32(25)44(39,40)36-33(38)23-8-12-31-29(17-23)37(18-24-7-10-27(24)30)20-34(21-43-31)14-3-5-22-16-26(35)9-11-28(22)34/h2,6,8-9,11-12,16-17,24-25,27,30,32H,3-5,7,10,13-15,18-21H2,1H3,(H,36,38)/b6-2-/t24-,25-,27+,30-,32-,34-/m0/s1. The number of carbonyl (C=O) groups excluding carboxylic acids is 1. The van der Waals surface area contributed by atoms with Crippen LogP contribution in [0.1, 0.15) is 60.0 Å². The second-order valence-electron chi connectivity index (χ2n) is 13.3. The van der Waals surface area contributed by atoms with Gasteiger partial charge in [-0.3, -0.25) is 4.79 Å². The fourth-order valence-corrected chi connectivity index (χ4v) is 10.1. The van der Waals surface area contributed by atoms with Crippen LogP contribution in [0, 0.1) is 17.8 Å². The zero-order valence-corrected chi connectivity index (χ0v) is 26.7. The fourth-order valence-electron chi connectivity index (χ4n) is 8.25. The summed E-state index contributed by atoms with van der Waals surface area (Å²) >= 11 is 6.42. The van der Waals surface area contributed by atoms with Gasteiger partial charge in [0.25, 0.3) is 5.91 Å². The van der Waals surface area contributed by atoms with E-state index in [1.54, 1.807) is 13.2 Å². The van der Waals surface area contributed by atoms with Crippen LogP contribution in [0.2, 0.25) is 5.02 Å². The predicted molar refractivity (Wildman–Crippen MR) is 170 cm³/mol. The Morgan fingerprint density at radius 2 is 2.00 bits per heavy atom. The molecule has 1 spiro atoms. The Morgan fingerprint density at radius 3 is 2.82 bits per heavy atom. The fraction of sp³-hybridized carbons (Fsp3) is 0.559. The minimum Gasteiger partial charge on any atom is -0.490 e. The summed E-state index contributed by atoms with van der Waals surface area (Å²) in [6.07, 6.45) is 10.2. The molecule has 3 heterocycles. The van der Waals surface area contributed by atoms with Crippen LogP contribution in [0.25, 0.3) is 0 Å². The van der Waals surface area contributed by atoms with Crippen LogP contribution < -0.4 is 14.4 Å². The van der Waals surface area contributed by atoms with Crippen LogP contribution >= 0.6 is 11.6 Å². The molecule has 0 aromatic heterocycles. The lowest BCUT2D eigenvalue weighted by Crippen LogP contribution is -2.49. The molecule has 1 amide bonds. The molecule has 1 N–H and O–H groups in total. The zero-order chi connectivity index (χ0) is 30.5. The molecular weight excluding hydrogens is 600 g/mol. The first-order valence-corrected chi connectivity index (χ1v) is 17.8. The predicted octanol–water partition coefficient (Wildman–Crippen LogP) is 5.28. The Hall–Kier alpha value is -2.59. The highest BCUT2D eigenvalue weighted by molar-refractivity contribution is 7.90. The number of hydrogen-bond acceptors (Lipinski definition) is 7. The van der Waals surface area contributed by atoms with Gasteiger partial charge in [0.1, 0.15) is 5.75 Å². The minimum absolute atomic E-state index is 0.0542. The average Bonchev–Trinajstić information content (AvgIpc) is 3.15. The smallest absolute Gasteiger partial charge is 0.264 e. The van der Waals surface area contributed by atoms with E-state index in [-0.39, 0.29) is 17.4 Å². The van der Waals surface area contributed by atoms with E-state index in [4.69, 9.17) is 25.8 Å². The molecule has 5 aliphatic rings. The number of halogens is 1. The van der Waals surface area contributed by atoms with E-state index < -0.39 is 21.2 Å². The number of nitrogens with one attached hydrogen (secondary N) is 1. The van der Waals surface area contributed by atoms with E-state index in [9.17, 15) is 13.2 Å². The van der Waals surface area contributed by atoms with E-state index in [0.29, 0.717) is 55.8 Å². The van der Waals surface area contributed by atoms with Gasteiger partial charge >= 0.3 is 0 Å². The zero-order valence-electron chi connectivity index (χ0n) is 25.2. The van der Waals surface area contributed by atoms with Crippen LogP contribution in [0.15, 0.2) is 48.6 Å². The van der Waals surface area contributed by atoms with Gasteiger partial charge in [0.05, 0.1) is 30.3 Å². The first-order chi connectivity index (χ1) is 21.3. The number of nitrogens with zero attached hydrogens (tertiary/aromatic N) is 1. The molecule has 2 aromatic rings. The van der Waals surface area contributed by atoms with Crippen molar-refractivity contribution in [3.8, 4) is 5.75 Å². The Labute approximate surface area is 265 Å². The van der Waals surface area contributed by atoms with Gasteiger partial charge in [-0.1, -0.05) is 29.8 Å². The molecule has 6 atom stereocenters. The molecule has 2 fully saturated rings. The Morgan fingerprint density at radius 1 is 1.11 bits per heavy atom. The first kappa shape index (κ1) is 30.1. The molecule has 1 saturated heterocycles. The number of sulfonamides is 1. The normalized spacial score (nSPS) is 33.8. The lowest BCUT2D eigenvalue weighted by atomic mass is 9.68. The highest BCUT2D eigenvalue weighted by Crippen LogP contribution is 2.47. The monoisotopic (exact) mass is 640 g/mol. The van der Waals surface area contributed by atoms with Gasteiger partial charge < -0.3 is 19.1 Å². The number of rotatable bonds is 1. The number of aryl methyl sites for hydroxylation is 1. The van der Waals surface area contributed by atoms with Gasteiger partial charge in [-0.25, -0.2) is 13.1 Å². The number of allylic oxidation sites excluding steroid dienone is 1. The summed E-state index contributed by atoms with van der Waals surface area (Å²) in [5, 5.41) is 0.0351. The molecule has 3 aliphatic heterocycles. The lowest BCUT2D eigenvalue weighted by Gasteiger charge is -2.46. The SMILES string of the molecule is CO[C@H]1/C=C\C[C@H]2COCC[C@@H]2S(=O)(=O)NC(=O)c2ccc3c(c2)N(C[C@@H]2CC[C@H]21)C[C@@]1(CCCc2cc(Cl)ccc21)CO3. The quantitative estimate of drug-likeness (QED) is 0.424. The molecule has 1 saturated carbocycles. The van der Waals surface area contributed by atoms with E-state index in [2.05, 4.69) is 33.9 Å². The van der Waals surface area contributed by atoms with Gasteiger partial charge in [-0.05, 0) is 98.2 Å². The first-order valence-electron chi connectivity index (χ1n) is 15.9. The number of carbonyl (C=O) groups is 1. The Bertz CT molecular complexity index is 1560. The second kappa shape index (κ2) is 12.0. The van der Waals surface area contributed by atoms with E-state index in [0.717, 1.165) is 55.9 Å². The molecule has 0 unspecified atom stereocenters. The van der Waals surface area contributed by atoms with Gasteiger partial charge in [0.2, 0.25) is 10.0 Å². The van der Waals surface area contributed by atoms with Crippen LogP contribution in [0.4, 0.5) is 5.69 Å². The van der Waals surface area contributed by atoms with Crippen molar-refractivity contribution in [2.24, 2.45) is 17.8 Å². The minimum atomic E-state index is -3.94. The molecule has 0 radical (unpaired) electrons. The van der Waals surface area contributed by atoms with Gasteiger partial charge in [0.15, 0.2) is 0 Å². The Balaban J connectivity index is 1.30. The average molecular weight is 641 g/mol. The van der Waals surface area contributed by atoms with E-state index in [1.807, 2.05) is 18.2 Å². The number of benzene rings is 2. The van der Waals surface area contributed by atoms with Crippen molar-refractivity contribution in [2.75, 3.05) is 44.9 Å². The highest BCUT2D eigenvalue weighted by Gasteiger charge is 2.45. The molecule has 8 nitrogen and oxygen atoms in total. The summed E-state index contributed by atoms with van der Waals surface area (Å²) in [7, 11) is -2.18. The molecule has 44 heavy (non-hydrogen) atoms. The maximum absolute atomic E-state index is 13.6. The van der Waals surface area contributed by atoms with Crippen LogP contribution in [-0.4, -0.2) is 65.7 Å². The van der Waals surface area contributed by atoms with Crippen LogP contribution in [-0.2, 0) is 31.3 Å². The summed E-state index contributed by atoms with van der Waals surface area (Å²) in [4.78, 5) is 15.9. The molecule has 2 aliphatic carbocycles. The van der Waals surface area contributed by atoms with Crippen molar-refractivity contribution in [3.63, 3.8) is 0 Å². The van der Waals surface area contributed by atoms with Crippen LogP contribution in [0.3, 0.4) is 0 Å². The summed E-state index contributed by atoms with van der Waals surface area (Å²) in [6, 6.07) is 11.6. The van der Waals surface area contributed by atoms with Crippen molar-refractivity contribution in [2.45, 2.75) is 61.7 Å². The third-order valence-electron chi connectivity index (χ3n) is 10.7. The number of methoxy groups -OCH3 is 1. The maximum Gasteiger partial charge on any atom is 0.264 e. The third-order valence-corrected chi connectivity index (χ3v) is 12.9. The lowest BCUT2D eigenvalue weighted by molar-refractivity contribution is 0.0129.